The highest BCUT2D eigenvalue weighted by molar-refractivity contribution is 5.54. The lowest BCUT2D eigenvalue weighted by atomic mass is 9.97. The summed E-state index contributed by atoms with van der Waals surface area (Å²) < 4.78 is 0. The molecule has 15 heavy (non-hydrogen) atoms. The Bertz CT molecular complexity index is 446. The van der Waals surface area contributed by atoms with Gasteiger partial charge in [-0.25, -0.2) is 0 Å². The fourth-order valence-corrected chi connectivity index (χ4v) is 1.19. The van der Waals surface area contributed by atoms with Crippen molar-refractivity contribution in [2.45, 2.75) is 6.92 Å². The van der Waals surface area contributed by atoms with E-state index in [-0.39, 0.29) is 5.69 Å². The molecule has 75 valence electrons. The molecule has 0 saturated heterocycles. The van der Waals surface area contributed by atoms with Crippen LogP contribution in [0.1, 0.15) is 18.1 Å². The molecule has 1 aromatic rings. The largest absolute Gasteiger partial charge is 0.273 e. The van der Waals surface area contributed by atoms with Gasteiger partial charge in [0.15, 0.2) is 0 Å². The summed E-state index contributed by atoms with van der Waals surface area (Å²) in [6.07, 6.45) is 1.53. The number of rotatable bonds is 3. The maximum atomic E-state index is 10.7. The van der Waals surface area contributed by atoms with Crippen LogP contribution in [0.15, 0.2) is 30.9 Å². The van der Waals surface area contributed by atoms with Crippen molar-refractivity contribution < 1.29 is 4.92 Å². The van der Waals surface area contributed by atoms with E-state index in [0.717, 1.165) is 0 Å². The van der Waals surface area contributed by atoms with E-state index in [4.69, 9.17) is 5.26 Å². The Kier molecular flexibility index (Phi) is 3.19. The van der Waals surface area contributed by atoms with Crippen LogP contribution in [-0.4, -0.2) is 4.92 Å². The summed E-state index contributed by atoms with van der Waals surface area (Å²) in [6.45, 7) is 5.27. The van der Waals surface area contributed by atoms with Crippen molar-refractivity contribution in [3.05, 3.63) is 58.0 Å². The van der Waals surface area contributed by atoms with Gasteiger partial charge in [0.05, 0.1) is 16.6 Å². The summed E-state index contributed by atoms with van der Waals surface area (Å²) in [6, 6.07) is 6.20. The second-order valence-corrected chi connectivity index (χ2v) is 2.99. The third-order valence-electron chi connectivity index (χ3n) is 2.05. The number of nitrogens with zero attached hydrogens (tertiary/aromatic N) is 2. The Morgan fingerprint density at radius 2 is 2.33 bits per heavy atom. The number of benzene rings is 1. The van der Waals surface area contributed by atoms with E-state index in [1.807, 2.05) is 6.07 Å². The SMILES string of the molecule is C=C[C](C)c1cc(C#N)ccc1[N+](=O)[O-]. The minimum atomic E-state index is -0.469. The predicted octanol–water partition coefficient (Wildman–Crippen LogP) is 2.59. The first-order valence-electron chi connectivity index (χ1n) is 4.25. The maximum absolute atomic E-state index is 10.7. The molecule has 0 amide bonds. The summed E-state index contributed by atoms with van der Waals surface area (Å²) in [5.41, 5.74) is 0.831. The molecule has 0 saturated carbocycles. The van der Waals surface area contributed by atoms with Gasteiger partial charge in [-0.1, -0.05) is 13.0 Å². The minimum Gasteiger partial charge on any atom is -0.258 e. The molecule has 4 nitrogen and oxygen atoms in total. The van der Waals surface area contributed by atoms with Crippen molar-refractivity contribution in [2.24, 2.45) is 0 Å². The Morgan fingerprint density at radius 1 is 1.67 bits per heavy atom. The second kappa shape index (κ2) is 4.38. The van der Waals surface area contributed by atoms with Crippen LogP contribution in [0.2, 0.25) is 0 Å². The monoisotopic (exact) mass is 201 g/mol. The molecule has 0 fully saturated rings. The maximum Gasteiger partial charge on any atom is 0.273 e. The van der Waals surface area contributed by atoms with Gasteiger partial charge < -0.3 is 0 Å². The third kappa shape index (κ3) is 2.20. The van der Waals surface area contributed by atoms with Gasteiger partial charge in [-0.3, -0.25) is 10.1 Å². The second-order valence-electron chi connectivity index (χ2n) is 2.99. The van der Waals surface area contributed by atoms with Gasteiger partial charge in [0.2, 0.25) is 0 Å². The molecule has 1 radical (unpaired) electrons. The van der Waals surface area contributed by atoms with Crippen molar-refractivity contribution in [1.29, 1.82) is 5.26 Å². The smallest absolute Gasteiger partial charge is 0.258 e. The van der Waals surface area contributed by atoms with Gasteiger partial charge in [0.1, 0.15) is 0 Å². The highest BCUT2D eigenvalue weighted by Crippen LogP contribution is 2.27. The van der Waals surface area contributed by atoms with Crippen molar-refractivity contribution in [3.63, 3.8) is 0 Å². The van der Waals surface area contributed by atoms with E-state index in [1.165, 1.54) is 24.3 Å². The molecule has 1 rings (SSSR count). The molecule has 0 heterocycles. The first-order valence-corrected chi connectivity index (χ1v) is 4.25. The third-order valence-corrected chi connectivity index (χ3v) is 2.05. The van der Waals surface area contributed by atoms with Crippen molar-refractivity contribution >= 4 is 5.69 Å². The zero-order chi connectivity index (χ0) is 11.4. The van der Waals surface area contributed by atoms with E-state index in [1.54, 1.807) is 6.92 Å². The lowest BCUT2D eigenvalue weighted by Gasteiger charge is -2.06. The molecule has 0 spiro atoms. The van der Waals surface area contributed by atoms with Crippen molar-refractivity contribution in [1.82, 2.24) is 0 Å². The number of nitro benzene ring substituents is 1. The molecule has 0 atom stereocenters. The molecule has 0 aliphatic heterocycles. The van der Waals surface area contributed by atoms with Crippen LogP contribution in [0.25, 0.3) is 0 Å². The van der Waals surface area contributed by atoms with Crippen LogP contribution in [0, 0.1) is 27.4 Å². The van der Waals surface area contributed by atoms with Gasteiger partial charge in [0, 0.05) is 17.5 Å². The van der Waals surface area contributed by atoms with E-state index in [9.17, 15) is 10.1 Å². The van der Waals surface area contributed by atoms with E-state index >= 15 is 0 Å². The fraction of sp³-hybridized carbons (Fsp3) is 0.0909. The number of hydrogen-bond donors (Lipinski definition) is 0. The zero-order valence-electron chi connectivity index (χ0n) is 8.23. The Morgan fingerprint density at radius 3 is 2.80 bits per heavy atom. The van der Waals surface area contributed by atoms with Gasteiger partial charge in [-0.2, -0.15) is 5.26 Å². The predicted molar refractivity (Wildman–Crippen MR) is 56.0 cm³/mol. The highest BCUT2D eigenvalue weighted by Gasteiger charge is 2.17. The average Bonchev–Trinajstić information content (AvgIpc) is 2.26. The molecule has 0 aliphatic carbocycles. The highest BCUT2D eigenvalue weighted by atomic mass is 16.6. The van der Waals surface area contributed by atoms with E-state index in [0.29, 0.717) is 17.0 Å². The van der Waals surface area contributed by atoms with Crippen LogP contribution in [0.5, 0.6) is 0 Å². The molecule has 0 unspecified atom stereocenters. The lowest BCUT2D eigenvalue weighted by Crippen LogP contribution is -1.99. The van der Waals surface area contributed by atoms with Crippen LogP contribution >= 0.6 is 0 Å². The van der Waals surface area contributed by atoms with Crippen LogP contribution in [-0.2, 0) is 0 Å². The normalized spacial score (nSPS) is 9.67. The first kappa shape index (κ1) is 10.9. The quantitative estimate of drug-likeness (QED) is 0.557. The summed E-state index contributed by atoms with van der Waals surface area (Å²) in [7, 11) is 0. The standard InChI is InChI=1S/C11H9N2O2/c1-3-8(2)10-6-9(7-12)4-5-11(10)13(14)15/h3-6H,1H2,2H3. The zero-order valence-corrected chi connectivity index (χ0v) is 8.23. The fourth-order valence-electron chi connectivity index (χ4n) is 1.19. The van der Waals surface area contributed by atoms with Crippen LogP contribution in [0.3, 0.4) is 0 Å². The minimum absolute atomic E-state index is 0.00796. The molecule has 0 N–H and O–H groups in total. The topological polar surface area (TPSA) is 66.9 Å². The molecule has 0 aromatic heterocycles. The molecular weight excluding hydrogens is 192 g/mol. The Balaban J connectivity index is 3.36. The summed E-state index contributed by atoms with van der Waals surface area (Å²) >= 11 is 0. The molecular formula is C11H9N2O2. The molecule has 0 aliphatic rings. The molecule has 1 aromatic carbocycles. The number of allylic oxidation sites excluding steroid dienone is 1. The molecule has 4 heteroatoms. The van der Waals surface area contributed by atoms with E-state index < -0.39 is 4.92 Å². The van der Waals surface area contributed by atoms with Gasteiger partial charge in [-0.05, 0) is 12.1 Å². The van der Waals surface area contributed by atoms with Crippen molar-refractivity contribution in [3.8, 4) is 6.07 Å². The number of nitro groups is 1. The Hall–Kier alpha value is -2.15. The van der Waals surface area contributed by atoms with Gasteiger partial charge >= 0.3 is 0 Å². The van der Waals surface area contributed by atoms with Crippen LogP contribution in [0.4, 0.5) is 5.69 Å². The number of hydrogen-bond acceptors (Lipinski definition) is 3. The summed E-state index contributed by atoms with van der Waals surface area (Å²) in [5.74, 6) is 0.679. The summed E-state index contributed by atoms with van der Waals surface area (Å²) in [5, 5.41) is 19.4. The molecule has 0 bridgehead atoms. The van der Waals surface area contributed by atoms with E-state index in [2.05, 4.69) is 6.58 Å². The first-order chi connectivity index (χ1) is 7.10. The van der Waals surface area contributed by atoms with Crippen LogP contribution < -0.4 is 0 Å². The average molecular weight is 201 g/mol. The van der Waals surface area contributed by atoms with Gasteiger partial charge in [-0.15, -0.1) is 6.58 Å². The lowest BCUT2D eigenvalue weighted by molar-refractivity contribution is -0.385. The van der Waals surface area contributed by atoms with Crippen molar-refractivity contribution in [2.75, 3.05) is 0 Å². The summed E-state index contributed by atoms with van der Waals surface area (Å²) in [4.78, 5) is 10.2. The Labute approximate surface area is 87.6 Å². The van der Waals surface area contributed by atoms with Gasteiger partial charge in [0.25, 0.3) is 5.69 Å². The number of nitriles is 1.